The lowest BCUT2D eigenvalue weighted by Crippen LogP contribution is -2.39. The molecule has 2 atom stereocenters. The molecular weight excluding hydrogens is 447 g/mol. The molecule has 3 aromatic heterocycles. The molecule has 0 saturated heterocycles. The van der Waals surface area contributed by atoms with E-state index in [2.05, 4.69) is 25.7 Å². The third-order valence-corrected chi connectivity index (χ3v) is 6.09. The molecule has 1 aromatic carbocycles. The first-order valence-corrected chi connectivity index (χ1v) is 11.3. The maximum atomic E-state index is 14.3. The van der Waals surface area contributed by atoms with E-state index in [0.29, 0.717) is 22.5 Å². The fourth-order valence-electron chi connectivity index (χ4n) is 3.56. The lowest BCUT2D eigenvalue weighted by atomic mass is 9.99. The maximum absolute atomic E-state index is 14.3. The van der Waals surface area contributed by atoms with Gasteiger partial charge in [0.25, 0.3) is 5.91 Å². The summed E-state index contributed by atoms with van der Waals surface area (Å²) in [6, 6.07) is 9.18. The van der Waals surface area contributed by atoms with Gasteiger partial charge in [0.1, 0.15) is 17.3 Å². The van der Waals surface area contributed by atoms with Gasteiger partial charge in [-0.05, 0) is 57.0 Å². The Morgan fingerprint density at radius 3 is 2.57 bits per heavy atom. The van der Waals surface area contributed by atoms with Crippen LogP contribution in [0.3, 0.4) is 0 Å². The molecule has 0 aliphatic rings. The second-order valence-electron chi connectivity index (χ2n) is 9.34. The van der Waals surface area contributed by atoms with Crippen molar-refractivity contribution in [2.24, 2.45) is 7.05 Å². The molecule has 0 saturated carbocycles. The Morgan fingerprint density at radius 2 is 1.91 bits per heavy atom. The van der Waals surface area contributed by atoms with E-state index in [0.717, 1.165) is 10.9 Å². The molecule has 0 spiro atoms. The number of carbonyl (C=O) groups excluding carboxylic acids is 1. The van der Waals surface area contributed by atoms with Crippen LogP contribution in [0.15, 0.2) is 55.0 Å². The second-order valence-corrected chi connectivity index (χ2v) is 9.34. The monoisotopic (exact) mass is 476 g/mol. The predicted octanol–water partition coefficient (Wildman–Crippen LogP) is 3.90. The zero-order valence-electron chi connectivity index (χ0n) is 20.4. The molecule has 3 heterocycles. The van der Waals surface area contributed by atoms with Crippen LogP contribution in [-0.2, 0) is 7.05 Å². The topological polar surface area (TPSA) is 105 Å². The molecule has 0 aliphatic carbocycles. The van der Waals surface area contributed by atoms with Crippen molar-refractivity contribution in [1.29, 1.82) is 0 Å². The van der Waals surface area contributed by atoms with Gasteiger partial charge in [0.05, 0.1) is 29.4 Å². The maximum Gasteiger partial charge on any atom is 0.270 e. The number of hydrogen-bond donors (Lipinski definition) is 3. The predicted molar refractivity (Wildman–Crippen MR) is 133 cm³/mol. The lowest BCUT2D eigenvalue weighted by molar-refractivity contribution is 0.0648. The van der Waals surface area contributed by atoms with Gasteiger partial charge in [-0.15, -0.1) is 0 Å². The summed E-state index contributed by atoms with van der Waals surface area (Å²) in [5.41, 5.74) is 1.71. The number of aryl methyl sites for hydroxylation is 2. The summed E-state index contributed by atoms with van der Waals surface area (Å²) in [6.07, 6.45) is 5.09. The van der Waals surface area contributed by atoms with E-state index in [1.165, 1.54) is 6.07 Å². The zero-order valence-corrected chi connectivity index (χ0v) is 20.4. The Balaban J connectivity index is 1.63. The van der Waals surface area contributed by atoms with Crippen LogP contribution in [0.1, 0.15) is 54.0 Å². The first-order valence-electron chi connectivity index (χ1n) is 11.3. The highest BCUT2D eigenvalue weighted by Gasteiger charge is 2.23. The Hall–Kier alpha value is -3.85. The van der Waals surface area contributed by atoms with Gasteiger partial charge in [0.15, 0.2) is 0 Å². The molecule has 4 rings (SSSR count). The van der Waals surface area contributed by atoms with E-state index in [1.807, 2.05) is 6.92 Å². The lowest BCUT2D eigenvalue weighted by Gasteiger charge is -2.27. The first-order chi connectivity index (χ1) is 16.5. The molecule has 3 N–H and O–H groups in total. The number of anilines is 1. The van der Waals surface area contributed by atoms with Gasteiger partial charge in [0.2, 0.25) is 0 Å². The van der Waals surface area contributed by atoms with Crippen LogP contribution < -0.4 is 10.6 Å². The number of pyridine rings is 2. The van der Waals surface area contributed by atoms with Crippen LogP contribution in [-0.4, -0.2) is 42.4 Å². The highest BCUT2D eigenvalue weighted by atomic mass is 19.1. The van der Waals surface area contributed by atoms with Gasteiger partial charge in [-0.3, -0.25) is 9.48 Å². The van der Waals surface area contributed by atoms with Crippen LogP contribution >= 0.6 is 0 Å². The third kappa shape index (κ3) is 5.46. The van der Waals surface area contributed by atoms with Crippen LogP contribution in [0.25, 0.3) is 10.9 Å². The number of rotatable bonds is 7. The minimum absolute atomic E-state index is 0.215. The van der Waals surface area contributed by atoms with Crippen molar-refractivity contribution in [1.82, 2.24) is 25.1 Å². The number of aromatic nitrogens is 4. The molecule has 1 unspecified atom stereocenters. The number of hydrogen-bond acceptors (Lipinski definition) is 6. The largest absolute Gasteiger partial charge is 0.388 e. The third-order valence-electron chi connectivity index (χ3n) is 6.09. The molecule has 0 bridgehead atoms. The summed E-state index contributed by atoms with van der Waals surface area (Å²) in [5.74, 6) is -0.208. The van der Waals surface area contributed by atoms with Gasteiger partial charge in [0, 0.05) is 36.5 Å². The minimum atomic E-state index is -0.942. The van der Waals surface area contributed by atoms with Crippen LogP contribution in [0.4, 0.5) is 10.2 Å². The molecule has 182 valence electrons. The second kappa shape index (κ2) is 9.42. The van der Waals surface area contributed by atoms with Gasteiger partial charge in [-0.1, -0.05) is 12.1 Å². The van der Waals surface area contributed by atoms with Gasteiger partial charge >= 0.3 is 0 Å². The molecule has 9 heteroatoms. The number of halogens is 1. The first kappa shape index (κ1) is 24.3. The molecule has 8 nitrogen and oxygen atoms in total. The Labute approximate surface area is 203 Å². The van der Waals surface area contributed by atoms with E-state index in [9.17, 15) is 14.3 Å². The van der Waals surface area contributed by atoms with Crippen molar-refractivity contribution in [3.63, 3.8) is 0 Å². The fraction of sp³-hybridized carbons (Fsp3) is 0.308. The number of aliphatic hydroxyl groups is 1. The summed E-state index contributed by atoms with van der Waals surface area (Å²) in [6.45, 7) is 6.97. The average molecular weight is 477 g/mol. The van der Waals surface area contributed by atoms with Gasteiger partial charge in [-0.25, -0.2) is 14.4 Å². The molecular formula is C26H29FN6O2. The highest BCUT2D eigenvalue weighted by molar-refractivity contribution is 5.95. The van der Waals surface area contributed by atoms with Crippen molar-refractivity contribution in [3.8, 4) is 0 Å². The van der Waals surface area contributed by atoms with E-state index in [-0.39, 0.29) is 17.6 Å². The van der Waals surface area contributed by atoms with Crippen molar-refractivity contribution in [2.45, 2.75) is 45.4 Å². The minimum Gasteiger partial charge on any atom is -0.388 e. The SMILES string of the molecule is Cc1ccc(C(NC(=O)c2ccc3cnc(N[C@H](C)C(C)(C)O)cc3n2)c2cnn(C)c2)cc1F. The van der Waals surface area contributed by atoms with Gasteiger partial charge < -0.3 is 15.7 Å². The van der Waals surface area contributed by atoms with Crippen molar-refractivity contribution in [3.05, 3.63) is 83.2 Å². The number of nitrogens with zero attached hydrogens (tertiary/aromatic N) is 4. The van der Waals surface area contributed by atoms with Crippen LogP contribution in [0.5, 0.6) is 0 Å². The summed E-state index contributed by atoms with van der Waals surface area (Å²) in [5, 5.41) is 21.3. The van der Waals surface area contributed by atoms with Crippen LogP contribution in [0.2, 0.25) is 0 Å². The van der Waals surface area contributed by atoms with E-state index in [1.54, 1.807) is 81.4 Å². The Morgan fingerprint density at radius 1 is 1.14 bits per heavy atom. The van der Waals surface area contributed by atoms with Gasteiger partial charge in [-0.2, -0.15) is 5.10 Å². The number of amides is 1. The van der Waals surface area contributed by atoms with Crippen molar-refractivity contribution in [2.75, 3.05) is 5.32 Å². The van der Waals surface area contributed by atoms with Crippen molar-refractivity contribution < 1.29 is 14.3 Å². The molecule has 4 aromatic rings. The van der Waals surface area contributed by atoms with E-state index >= 15 is 0 Å². The number of carbonyl (C=O) groups is 1. The van der Waals surface area contributed by atoms with Crippen molar-refractivity contribution >= 4 is 22.6 Å². The molecule has 35 heavy (non-hydrogen) atoms. The zero-order chi connectivity index (χ0) is 25.3. The quantitative estimate of drug-likeness (QED) is 0.374. The smallest absolute Gasteiger partial charge is 0.270 e. The number of fused-ring (bicyclic) bond motifs is 1. The Bertz CT molecular complexity index is 1380. The highest BCUT2D eigenvalue weighted by Crippen LogP contribution is 2.25. The normalized spacial score (nSPS) is 13.5. The summed E-state index contributed by atoms with van der Waals surface area (Å²) in [7, 11) is 1.78. The number of benzene rings is 1. The van der Waals surface area contributed by atoms with E-state index in [4.69, 9.17) is 0 Å². The Kier molecular flexibility index (Phi) is 6.53. The fourth-order valence-corrected chi connectivity index (χ4v) is 3.56. The molecule has 1 amide bonds. The number of nitrogens with one attached hydrogen (secondary N) is 2. The molecule has 0 aliphatic heterocycles. The van der Waals surface area contributed by atoms with E-state index < -0.39 is 17.6 Å². The molecule has 0 radical (unpaired) electrons. The summed E-state index contributed by atoms with van der Waals surface area (Å²) < 4.78 is 16.0. The summed E-state index contributed by atoms with van der Waals surface area (Å²) >= 11 is 0. The molecule has 0 fully saturated rings. The standard InChI is InChI=1S/C26H29FN6O2/c1-15-6-7-17(10-20(15)27)24(19-13-29-33(5)14-19)32-25(34)21-9-8-18-12-28-23(11-22(18)31-21)30-16(2)26(3,4)35/h6-14,16,24,35H,1-5H3,(H,28,30)(H,32,34)/t16-,24?/m1/s1. The van der Waals surface area contributed by atoms with Crippen LogP contribution in [0, 0.1) is 12.7 Å². The summed E-state index contributed by atoms with van der Waals surface area (Å²) in [4.78, 5) is 22.1. The average Bonchev–Trinajstić information content (AvgIpc) is 3.24.